The summed E-state index contributed by atoms with van der Waals surface area (Å²) in [4.78, 5) is 11.3. The molecule has 1 aliphatic carbocycles. The Morgan fingerprint density at radius 3 is 2.67 bits per heavy atom. The van der Waals surface area contributed by atoms with Crippen LogP contribution in [0.2, 0.25) is 0 Å². The van der Waals surface area contributed by atoms with Crippen molar-refractivity contribution in [2.75, 3.05) is 0 Å². The van der Waals surface area contributed by atoms with Gasteiger partial charge in [0, 0.05) is 6.42 Å². The average molecular weight is 166 g/mol. The summed E-state index contributed by atoms with van der Waals surface area (Å²) in [7, 11) is 0. The van der Waals surface area contributed by atoms with Crippen LogP contribution in [-0.2, 0) is 4.79 Å². The van der Waals surface area contributed by atoms with Gasteiger partial charge in [0.1, 0.15) is 0 Å². The maximum absolute atomic E-state index is 11.3. The molecule has 0 spiro atoms. The molecule has 0 aromatic carbocycles. The van der Waals surface area contributed by atoms with Gasteiger partial charge in [0.15, 0.2) is 5.78 Å². The Hall–Kier alpha value is -0.590. The molecular weight excluding hydrogens is 148 g/mol. The van der Waals surface area contributed by atoms with Crippen molar-refractivity contribution in [3.8, 4) is 0 Å². The summed E-state index contributed by atoms with van der Waals surface area (Å²) in [5, 5.41) is 0. The molecule has 0 unspecified atom stereocenters. The summed E-state index contributed by atoms with van der Waals surface area (Å²) in [6.45, 7) is 2.05. The molecule has 0 heterocycles. The minimum atomic E-state index is 0.323. The minimum Gasteiger partial charge on any atom is -0.295 e. The molecule has 0 amide bonds. The molecule has 0 radical (unpaired) electrons. The maximum atomic E-state index is 11.3. The van der Waals surface area contributed by atoms with Crippen LogP contribution in [0.4, 0.5) is 0 Å². The average Bonchev–Trinajstić information content (AvgIpc) is 2.53. The normalized spacial score (nSPS) is 19.1. The van der Waals surface area contributed by atoms with Crippen molar-refractivity contribution in [1.82, 2.24) is 0 Å². The third-order valence-electron chi connectivity index (χ3n) is 2.50. The van der Waals surface area contributed by atoms with Crippen LogP contribution < -0.4 is 0 Å². The first-order chi connectivity index (χ1) is 5.83. The molecule has 0 atom stereocenters. The van der Waals surface area contributed by atoms with E-state index in [0.717, 1.165) is 12.8 Å². The zero-order chi connectivity index (χ0) is 8.81. The summed E-state index contributed by atoms with van der Waals surface area (Å²) in [6.07, 6.45) is 10.7. The van der Waals surface area contributed by atoms with E-state index in [1.165, 1.54) is 25.7 Å². The van der Waals surface area contributed by atoms with Crippen molar-refractivity contribution in [3.63, 3.8) is 0 Å². The predicted octanol–water partition coefficient (Wildman–Crippen LogP) is 3.10. The van der Waals surface area contributed by atoms with Gasteiger partial charge in [-0.05, 0) is 18.4 Å². The molecule has 1 nitrogen and oxygen atoms in total. The van der Waals surface area contributed by atoms with E-state index in [4.69, 9.17) is 0 Å². The lowest BCUT2D eigenvalue weighted by Gasteiger charge is -2.03. The molecule has 0 saturated heterocycles. The Morgan fingerprint density at radius 1 is 1.42 bits per heavy atom. The fourth-order valence-corrected chi connectivity index (χ4v) is 1.82. The molecule has 1 heteroatoms. The lowest BCUT2D eigenvalue weighted by atomic mass is 10.0. The lowest BCUT2D eigenvalue weighted by Crippen LogP contribution is -2.01. The largest absolute Gasteiger partial charge is 0.295 e. The molecule has 0 N–H and O–H groups in total. The Bertz CT molecular complexity index is 164. The zero-order valence-corrected chi connectivity index (χ0v) is 7.88. The fraction of sp³-hybridized carbons (Fsp3) is 0.727. The Morgan fingerprint density at radius 2 is 2.08 bits per heavy atom. The molecular formula is C11H18O. The van der Waals surface area contributed by atoms with Crippen LogP contribution in [-0.4, -0.2) is 5.78 Å². The SMILES string of the molecule is CC/C=C/C(=O)CC1CCCC1. The van der Waals surface area contributed by atoms with Crippen LogP contribution >= 0.6 is 0 Å². The first-order valence-electron chi connectivity index (χ1n) is 5.02. The quantitative estimate of drug-likeness (QED) is 0.586. The highest BCUT2D eigenvalue weighted by molar-refractivity contribution is 5.89. The van der Waals surface area contributed by atoms with Gasteiger partial charge in [0.05, 0.1) is 0 Å². The Labute approximate surface area is 74.9 Å². The summed E-state index contributed by atoms with van der Waals surface area (Å²) in [5.41, 5.74) is 0. The van der Waals surface area contributed by atoms with Gasteiger partial charge in [0.2, 0.25) is 0 Å². The van der Waals surface area contributed by atoms with Gasteiger partial charge in [-0.3, -0.25) is 4.79 Å². The topological polar surface area (TPSA) is 17.1 Å². The minimum absolute atomic E-state index is 0.323. The van der Waals surface area contributed by atoms with Crippen LogP contribution in [0.15, 0.2) is 12.2 Å². The second kappa shape index (κ2) is 5.13. The number of hydrogen-bond acceptors (Lipinski definition) is 1. The highest BCUT2D eigenvalue weighted by Crippen LogP contribution is 2.27. The lowest BCUT2D eigenvalue weighted by molar-refractivity contribution is -0.115. The fourth-order valence-electron chi connectivity index (χ4n) is 1.82. The first kappa shape index (κ1) is 9.50. The van der Waals surface area contributed by atoms with Crippen LogP contribution in [0, 0.1) is 5.92 Å². The number of rotatable bonds is 4. The van der Waals surface area contributed by atoms with Crippen LogP contribution in [0.5, 0.6) is 0 Å². The molecule has 0 aromatic rings. The van der Waals surface area contributed by atoms with Gasteiger partial charge in [-0.25, -0.2) is 0 Å². The van der Waals surface area contributed by atoms with Crippen molar-refractivity contribution >= 4 is 5.78 Å². The first-order valence-corrected chi connectivity index (χ1v) is 5.02. The van der Waals surface area contributed by atoms with Gasteiger partial charge in [-0.15, -0.1) is 0 Å². The van der Waals surface area contributed by atoms with Crippen LogP contribution in [0.25, 0.3) is 0 Å². The van der Waals surface area contributed by atoms with Gasteiger partial charge < -0.3 is 0 Å². The van der Waals surface area contributed by atoms with Gasteiger partial charge in [-0.1, -0.05) is 38.7 Å². The monoisotopic (exact) mass is 166 g/mol. The van der Waals surface area contributed by atoms with Gasteiger partial charge >= 0.3 is 0 Å². The van der Waals surface area contributed by atoms with Crippen molar-refractivity contribution in [2.24, 2.45) is 5.92 Å². The van der Waals surface area contributed by atoms with Gasteiger partial charge in [0.25, 0.3) is 0 Å². The van der Waals surface area contributed by atoms with E-state index in [0.29, 0.717) is 11.7 Å². The molecule has 0 aromatic heterocycles. The summed E-state index contributed by atoms with van der Waals surface area (Å²) < 4.78 is 0. The standard InChI is InChI=1S/C11H18O/c1-2-3-8-11(12)9-10-6-4-5-7-10/h3,8,10H,2,4-7,9H2,1H3/b8-3+. The van der Waals surface area contributed by atoms with E-state index >= 15 is 0 Å². The van der Waals surface area contributed by atoms with Crippen molar-refractivity contribution < 1.29 is 4.79 Å². The maximum Gasteiger partial charge on any atom is 0.155 e. The molecule has 0 aliphatic heterocycles. The second-order valence-corrected chi connectivity index (χ2v) is 3.63. The second-order valence-electron chi connectivity index (χ2n) is 3.63. The number of hydrogen-bond donors (Lipinski definition) is 0. The number of ketones is 1. The molecule has 1 fully saturated rings. The summed E-state index contributed by atoms with van der Waals surface area (Å²) >= 11 is 0. The number of carbonyl (C=O) groups excluding carboxylic acids is 1. The van der Waals surface area contributed by atoms with Crippen molar-refractivity contribution in [1.29, 1.82) is 0 Å². The van der Waals surface area contributed by atoms with Crippen LogP contribution in [0.1, 0.15) is 45.4 Å². The Kier molecular flexibility index (Phi) is 4.06. The molecule has 1 aliphatic rings. The van der Waals surface area contributed by atoms with Crippen molar-refractivity contribution in [2.45, 2.75) is 45.4 Å². The molecule has 1 rings (SSSR count). The van der Waals surface area contributed by atoms with E-state index in [1.54, 1.807) is 6.08 Å². The predicted molar refractivity (Wildman–Crippen MR) is 51.0 cm³/mol. The highest BCUT2D eigenvalue weighted by Gasteiger charge is 2.16. The van der Waals surface area contributed by atoms with E-state index in [9.17, 15) is 4.79 Å². The molecule has 12 heavy (non-hydrogen) atoms. The van der Waals surface area contributed by atoms with Crippen LogP contribution in [0.3, 0.4) is 0 Å². The molecule has 1 saturated carbocycles. The van der Waals surface area contributed by atoms with E-state index in [1.807, 2.05) is 6.08 Å². The summed E-state index contributed by atoms with van der Waals surface area (Å²) in [6, 6.07) is 0. The molecule has 68 valence electrons. The third kappa shape index (κ3) is 3.21. The zero-order valence-electron chi connectivity index (χ0n) is 7.88. The Balaban J connectivity index is 2.20. The number of allylic oxidation sites excluding steroid dienone is 2. The van der Waals surface area contributed by atoms with Crippen molar-refractivity contribution in [3.05, 3.63) is 12.2 Å². The smallest absolute Gasteiger partial charge is 0.155 e. The highest BCUT2D eigenvalue weighted by atomic mass is 16.1. The van der Waals surface area contributed by atoms with E-state index in [-0.39, 0.29) is 0 Å². The van der Waals surface area contributed by atoms with E-state index in [2.05, 4.69) is 6.92 Å². The van der Waals surface area contributed by atoms with Gasteiger partial charge in [-0.2, -0.15) is 0 Å². The third-order valence-corrected chi connectivity index (χ3v) is 2.50. The number of carbonyl (C=O) groups is 1. The van der Waals surface area contributed by atoms with E-state index < -0.39 is 0 Å². The molecule has 0 bridgehead atoms. The summed E-state index contributed by atoms with van der Waals surface area (Å²) in [5.74, 6) is 1.02.